The fourth-order valence-corrected chi connectivity index (χ4v) is 3.88. The van der Waals surface area contributed by atoms with Crippen LogP contribution < -0.4 is 9.64 Å². The molecular weight excluding hydrogens is 364 g/mol. The normalized spacial score (nSPS) is 14.2. The molecule has 4 rings (SSSR count). The van der Waals surface area contributed by atoms with Crippen molar-refractivity contribution < 1.29 is 9.53 Å². The predicted molar refractivity (Wildman–Crippen MR) is 114 cm³/mol. The van der Waals surface area contributed by atoms with Crippen LogP contribution in [0.4, 0.5) is 5.95 Å². The molecule has 1 aliphatic heterocycles. The number of rotatable bonds is 4. The number of nitrogens with zero attached hydrogens (tertiary/aromatic N) is 4. The summed E-state index contributed by atoms with van der Waals surface area (Å²) < 4.78 is 7.41. The minimum atomic E-state index is 0.104. The number of carbonyl (C=O) groups is 1. The monoisotopic (exact) mass is 390 g/mol. The Morgan fingerprint density at radius 3 is 2.41 bits per heavy atom. The number of methoxy groups -OCH3 is 1. The van der Waals surface area contributed by atoms with E-state index in [-0.39, 0.29) is 5.91 Å². The van der Waals surface area contributed by atoms with Crippen molar-refractivity contribution in [3.63, 3.8) is 0 Å². The largest absolute Gasteiger partial charge is 0.497 e. The highest BCUT2D eigenvalue weighted by molar-refractivity contribution is 5.94. The Morgan fingerprint density at radius 2 is 1.72 bits per heavy atom. The molecule has 0 saturated carbocycles. The molecule has 1 aromatic heterocycles. The molecule has 1 aliphatic rings. The van der Waals surface area contributed by atoms with Gasteiger partial charge in [0.05, 0.1) is 12.8 Å². The van der Waals surface area contributed by atoms with Crippen molar-refractivity contribution in [1.82, 2.24) is 14.5 Å². The van der Waals surface area contributed by atoms with Crippen LogP contribution in [-0.4, -0.2) is 53.6 Å². The lowest BCUT2D eigenvalue weighted by Crippen LogP contribution is -2.49. The van der Waals surface area contributed by atoms with E-state index in [1.54, 1.807) is 7.11 Å². The molecule has 1 fully saturated rings. The van der Waals surface area contributed by atoms with E-state index in [0.29, 0.717) is 13.1 Å². The van der Waals surface area contributed by atoms with E-state index in [2.05, 4.69) is 20.5 Å². The summed E-state index contributed by atoms with van der Waals surface area (Å²) >= 11 is 0. The van der Waals surface area contributed by atoms with E-state index in [4.69, 9.17) is 4.74 Å². The smallest absolute Gasteiger partial charge is 0.253 e. The number of imidazole rings is 1. The van der Waals surface area contributed by atoms with Gasteiger partial charge in [-0.25, -0.2) is 4.98 Å². The summed E-state index contributed by atoms with van der Waals surface area (Å²) in [6.07, 6.45) is 3.76. The number of aromatic nitrogens is 2. The molecule has 2 aromatic carbocycles. The Bertz CT molecular complexity index is 999. The predicted octanol–water partition coefficient (Wildman–Crippen LogP) is 3.46. The molecular formula is C23H26N4O2. The quantitative estimate of drug-likeness (QED) is 0.685. The van der Waals surface area contributed by atoms with Crippen LogP contribution in [0.15, 0.2) is 54.9 Å². The number of amides is 1. The van der Waals surface area contributed by atoms with E-state index in [1.807, 2.05) is 67.5 Å². The number of aryl methyl sites for hydroxylation is 2. The maximum Gasteiger partial charge on any atom is 0.253 e. The average Bonchev–Trinajstić information content (AvgIpc) is 3.22. The van der Waals surface area contributed by atoms with E-state index >= 15 is 0 Å². The molecule has 2 heterocycles. The zero-order valence-electron chi connectivity index (χ0n) is 17.1. The van der Waals surface area contributed by atoms with Crippen LogP contribution in [0.2, 0.25) is 0 Å². The van der Waals surface area contributed by atoms with Crippen LogP contribution in [0.25, 0.3) is 5.69 Å². The fraction of sp³-hybridized carbons (Fsp3) is 0.304. The van der Waals surface area contributed by atoms with Crippen molar-refractivity contribution in [2.45, 2.75) is 13.8 Å². The molecule has 0 radical (unpaired) electrons. The van der Waals surface area contributed by atoms with E-state index < -0.39 is 0 Å². The Morgan fingerprint density at radius 1 is 1.00 bits per heavy atom. The Labute approximate surface area is 171 Å². The minimum Gasteiger partial charge on any atom is -0.497 e. The molecule has 6 nitrogen and oxygen atoms in total. The van der Waals surface area contributed by atoms with Gasteiger partial charge in [-0.1, -0.05) is 23.3 Å². The summed E-state index contributed by atoms with van der Waals surface area (Å²) in [5.41, 5.74) is 4.01. The Hall–Kier alpha value is -3.28. The van der Waals surface area contributed by atoms with E-state index in [9.17, 15) is 4.79 Å². The van der Waals surface area contributed by atoms with Gasteiger partial charge in [0.1, 0.15) is 5.75 Å². The van der Waals surface area contributed by atoms with E-state index in [1.165, 1.54) is 0 Å². The molecule has 6 heteroatoms. The summed E-state index contributed by atoms with van der Waals surface area (Å²) in [5, 5.41) is 0. The third-order valence-electron chi connectivity index (χ3n) is 5.27. The second-order valence-electron chi connectivity index (χ2n) is 7.45. The van der Waals surface area contributed by atoms with Gasteiger partial charge in [0.15, 0.2) is 0 Å². The maximum atomic E-state index is 12.9. The lowest BCUT2D eigenvalue weighted by Gasteiger charge is -2.35. The molecule has 150 valence electrons. The first kappa shape index (κ1) is 19.1. The number of ether oxygens (including phenoxy) is 1. The standard InChI is InChI=1S/C23H26N4O2/c1-17-13-18(2)15-19(14-17)22(28)25-9-11-26(12-10-25)23-24-7-8-27(23)20-5-4-6-21(16-20)29-3/h4-8,13-16H,9-12H2,1-3H3. The third kappa shape index (κ3) is 3.97. The third-order valence-corrected chi connectivity index (χ3v) is 5.27. The molecule has 29 heavy (non-hydrogen) atoms. The van der Waals surface area contributed by atoms with Gasteiger partial charge in [-0.15, -0.1) is 0 Å². The van der Waals surface area contributed by atoms with Crippen LogP contribution in [0.3, 0.4) is 0 Å². The van der Waals surface area contributed by atoms with Gasteiger partial charge < -0.3 is 14.5 Å². The summed E-state index contributed by atoms with van der Waals surface area (Å²) in [7, 11) is 1.67. The van der Waals surface area contributed by atoms with Gasteiger partial charge >= 0.3 is 0 Å². The van der Waals surface area contributed by atoms with Crippen molar-refractivity contribution in [3.05, 3.63) is 71.5 Å². The van der Waals surface area contributed by atoms with Crippen molar-refractivity contribution in [2.24, 2.45) is 0 Å². The zero-order chi connectivity index (χ0) is 20.4. The van der Waals surface area contributed by atoms with Crippen LogP contribution >= 0.6 is 0 Å². The van der Waals surface area contributed by atoms with Crippen LogP contribution in [0.1, 0.15) is 21.5 Å². The van der Waals surface area contributed by atoms with Gasteiger partial charge in [-0.2, -0.15) is 0 Å². The summed E-state index contributed by atoms with van der Waals surface area (Å²) in [6.45, 7) is 6.91. The van der Waals surface area contributed by atoms with Gasteiger partial charge in [0.2, 0.25) is 5.95 Å². The number of benzene rings is 2. The van der Waals surface area contributed by atoms with Crippen molar-refractivity contribution >= 4 is 11.9 Å². The van der Waals surface area contributed by atoms with Gasteiger partial charge in [0.25, 0.3) is 5.91 Å². The molecule has 0 aliphatic carbocycles. The number of hydrogen-bond donors (Lipinski definition) is 0. The van der Waals surface area contributed by atoms with Gasteiger partial charge in [-0.3, -0.25) is 9.36 Å². The molecule has 1 saturated heterocycles. The molecule has 3 aromatic rings. The molecule has 0 N–H and O–H groups in total. The molecule has 0 unspecified atom stereocenters. The second-order valence-corrected chi connectivity index (χ2v) is 7.45. The molecule has 0 atom stereocenters. The second kappa shape index (κ2) is 7.99. The summed E-state index contributed by atoms with van der Waals surface area (Å²) in [6, 6.07) is 14.0. The lowest BCUT2D eigenvalue weighted by molar-refractivity contribution is 0.0746. The molecule has 0 spiro atoms. The zero-order valence-corrected chi connectivity index (χ0v) is 17.1. The van der Waals surface area contributed by atoms with Crippen molar-refractivity contribution in [1.29, 1.82) is 0 Å². The first-order valence-corrected chi connectivity index (χ1v) is 9.85. The van der Waals surface area contributed by atoms with Gasteiger partial charge in [0, 0.05) is 50.2 Å². The molecule has 1 amide bonds. The SMILES string of the molecule is COc1cccc(-n2ccnc2N2CCN(C(=O)c3cc(C)cc(C)c3)CC2)c1. The fourth-order valence-electron chi connectivity index (χ4n) is 3.88. The summed E-state index contributed by atoms with van der Waals surface area (Å²) in [4.78, 5) is 21.7. The topological polar surface area (TPSA) is 50.6 Å². The van der Waals surface area contributed by atoms with Crippen LogP contribution in [-0.2, 0) is 0 Å². The first-order chi connectivity index (χ1) is 14.0. The first-order valence-electron chi connectivity index (χ1n) is 9.85. The van der Waals surface area contributed by atoms with Crippen LogP contribution in [0.5, 0.6) is 5.75 Å². The number of piperazine rings is 1. The number of anilines is 1. The summed E-state index contributed by atoms with van der Waals surface area (Å²) in [5.74, 6) is 1.80. The maximum absolute atomic E-state index is 12.9. The lowest BCUT2D eigenvalue weighted by atomic mass is 10.1. The van der Waals surface area contributed by atoms with Crippen LogP contribution in [0, 0.1) is 13.8 Å². The number of carbonyl (C=O) groups excluding carboxylic acids is 1. The Kier molecular flexibility index (Phi) is 5.25. The van der Waals surface area contributed by atoms with Crippen molar-refractivity contribution in [2.75, 3.05) is 38.2 Å². The highest BCUT2D eigenvalue weighted by atomic mass is 16.5. The van der Waals surface area contributed by atoms with Crippen molar-refractivity contribution in [3.8, 4) is 11.4 Å². The highest BCUT2D eigenvalue weighted by Gasteiger charge is 2.24. The Balaban J connectivity index is 1.48. The highest BCUT2D eigenvalue weighted by Crippen LogP contribution is 2.23. The number of hydrogen-bond acceptors (Lipinski definition) is 4. The average molecular weight is 390 g/mol. The minimum absolute atomic E-state index is 0.104. The molecule has 0 bridgehead atoms. The van der Waals surface area contributed by atoms with Gasteiger partial charge in [-0.05, 0) is 38.1 Å². The van der Waals surface area contributed by atoms with E-state index in [0.717, 1.165) is 47.2 Å².